The molecule has 0 unspecified atom stereocenters. The number of furan rings is 1. The van der Waals surface area contributed by atoms with Gasteiger partial charge in [0, 0.05) is 17.2 Å². The van der Waals surface area contributed by atoms with E-state index in [0.717, 1.165) is 11.3 Å². The van der Waals surface area contributed by atoms with E-state index >= 15 is 0 Å². The van der Waals surface area contributed by atoms with Crippen molar-refractivity contribution in [1.82, 2.24) is 4.57 Å². The summed E-state index contributed by atoms with van der Waals surface area (Å²) in [6.07, 6.45) is 1.59. The Hall–Kier alpha value is -4.41. The van der Waals surface area contributed by atoms with E-state index in [1.807, 2.05) is 6.07 Å². The molecule has 0 saturated carbocycles. The molecule has 4 aromatic rings. The first-order valence-corrected chi connectivity index (χ1v) is 13.4. The van der Waals surface area contributed by atoms with Crippen LogP contribution in [0.25, 0.3) is 17.4 Å². The maximum absolute atomic E-state index is 13.8. The number of methoxy groups -OCH3 is 1. The molecule has 9 nitrogen and oxygen atoms in total. The van der Waals surface area contributed by atoms with Crippen molar-refractivity contribution in [1.29, 1.82) is 0 Å². The van der Waals surface area contributed by atoms with Crippen molar-refractivity contribution in [3.8, 4) is 17.1 Å². The standard InChI is InChI=1S/C29H23ClN2O7S/c1-4-38-28(36)24-15(2)31-29-32(25(24)18-7-5-6-8-22(18)37-3)26(33)23(40-29)14-17-10-12-21(39-17)16-9-11-20(30)19(13-16)27(34)35/h5-14,25H,4H2,1-3H3,(H,34,35)/b23-14+/t25-/m1/s1. The Bertz CT molecular complexity index is 1870. The molecule has 0 radical (unpaired) electrons. The lowest BCUT2D eigenvalue weighted by Gasteiger charge is -2.25. The number of rotatable bonds is 7. The number of carbonyl (C=O) groups is 2. The van der Waals surface area contributed by atoms with Crippen LogP contribution in [0.4, 0.5) is 0 Å². The topological polar surface area (TPSA) is 120 Å². The molecular formula is C29H23ClN2O7S. The van der Waals surface area contributed by atoms with Crippen molar-refractivity contribution in [2.24, 2.45) is 4.99 Å². The van der Waals surface area contributed by atoms with E-state index in [-0.39, 0.29) is 28.3 Å². The summed E-state index contributed by atoms with van der Waals surface area (Å²) < 4.78 is 18.6. The van der Waals surface area contributed by atoms with Crippen LogP contribution in [-0.4, -0.2) is 35.3 Å². The molecule has 204 valence electrons. The fourth-order valence-electron chi connectivity index (χ4n) is 4.54. The van der Waals surface area contributed by atoms with Gasteiger partial charge in [0.1, 0.15) is 23.3 Å². The van der Waals surface area contributed by atoms with Gasteiger partial charge in [-0.2, -0.15) is 0 Å². The Morgan fingerprint density at radius 2 is 1.98 bits per heavy atom. The van der Waals surface area contributed by atoms with Crippen LogP contribution in [0.5, 0.6) is 5.75 Å². The molecule has 1 atom stereocenters. The molecule has 0 saturated heterocycles. The first-order valence-electron chi connectivity index (χ1n) is 12.2. The van der Waals surface area contributed by atoms with Crippen LogP contribution in [-0.2, 0) is 9.53 Å². The number of carboxylic acids is 1. The third kappa shape index (κ3) is 4.87. The second-order valence-corrected chi connectivity index (χ2v) is 10.2. The largest absolute Gasteiger partial charge is 0.496 e. The van der Waals surface area contributed by atoms with Crippen LogP contribution in [0.3, 0.4) is 0 Å². The lowest BCUT2D eigenvalue weighted by molar-refractivity contribution is -0.139. The van der Waals surface area contributed by atoms with E-state index in [1.165, 1.54) is 23.8 Å². The molecule has 3 heterocycles. The van der Waals surface area contributed by atoms with Gasteiger partial charge in [-0.05, 0) is 50.2 Å². The minimum atomic E-state index is -1.15. The molecule has 2 aromatic carbocycles. The van der Waals surface area contributed by atoms with Crippen LogP contribution in [0.2, 0.25) is 5.02 Å². The molecule has 1 aliphatic heterocycles. The smallest absolute Gasteiger partial charge is 0.338 e. The molecule has 0 aliphatic carbocycles. The average molecular weight is 579 g/mol. The Morgan fingerprint density at radius 1 is 1.20 bits per heavy atom. The van der Waals surface area contributed by atoms with E-state index in [9.17, 15) is 19.5 Å². The number of ether oxygens (including phenoxy) is 2. The maximum Gasteiger partial charge on any atom is 0.338 e. The molecule has 2 aromatic heterocycles. The quantitative estimate of drug-likeness (QED) is 0.322. The number of hydrogen-bond acceptors (Lipinski definition) is 8. The highest BCUT2D eigenvalue weighted by Crippen LogP contribution is 2.35. The number of aromatic nitrogens is 1. The lowest BCUT2D eigenvalue weighted by Crippen LogP contribution is -2.40. The second-order valence-electron chi connectivity index (χ2n) is 8.75. The van der Waals surface area contributed by atoms with Crippen molar-refractivity contribution < 1.29 is 28.6 Å². The number of fused-ring (bicyclic) bond motifs is 1. The molecule has 0 amide bonds. The Labute approximate surface area is 236 Å². The highest BCUT2D eigenvalue weighted by Gasteiger charge is 2.35. The van der Waals surface area contributed by atoms with Gasteiger partial charge in [0.15, 0.2) is 4.80 Å². The van der Waals surface area contributed by atoms with Crippen molar-refractivity contribution in [3.63, 3.8) is 0 Å². The number of allylic oxidation sites excluding steroid dienone is 1. The van der Waals surface area contributed by atoms with Crippen molar-refractivity contribution >= 4 is 41.0 Å². The fraction of sp³-hybridized carbons (Fsp3) is 0.172. The highest BCUT2D eigenvalue weighted by molar-refractivity contribution is 7.07. The van der Waals surface area contributed by atoms with Crippen LogP contribution in [0.15, 0.2) is 80.1 Å². The Balaban J connectivity index is 1.64. The molecule has 1 N–H and O–H groups in total. The number of carbonyl (C=O) groups excluding carboxylic acids is 1. The Morgan fingerprint density at radius 3 is 2.70 bits per heavy atom. The summed E-state index contributed by atoms with van der Waals surface area (Å²) in [6, 6.07) is 14.3. The van der Waals surface area contributed by atoms with Gasteiger partial charge in [0.2, 0.25) is 0 Å². The van der Waals surface area contributed by atoms with E-state index in [1.54, 1.807) is 56.3 Å². The van der Waals surface area contributed by atoms with E-state index < -0.39 is 18.0 Å². The van der Waals surface area contributed by atoms with Gasteiger partial charge in [0.25, 0.3) is 5.56 Å². The van der Waals surface area contributed by atoms with Crippen molar-refractivity contribution in [3.05, 3.63) is 107 Å². The summed E-state index contributed by atoms with van der Waals surface area (Å²) in [5.41, 5.74) is 1.42. The second kappa shape index (κ2) is 11.0. The maximum atomic E-state index is 13.8. The molecule has 40 heavy (non-hydrogen) atoms. The van der Waals surface area contributed by atoms with Crippen LogP contribution in [0, 0.1) is 0 Å². The molecule has 0 fully saturated rings. The van der Waals surface area contributed by atoms with E-state index in [2.05, 4.69) is 4.99 Å². The van der Waals surface area contributed by atoms with Gasteiger partial charge in [0.05, 0.1) is 40.1 Å². The predicted octanol–water partition coefficient (Wildman–Crippen LogP) is 4.42. The lowest BCUT2D eigenvalue weighted by atomic mass is 9.95. The van der Waals surface area contributed by atoms with Crippen LogP contribution in [0.1, 0.15) is 41.6 Å². The highest BCUT2D eigenvalue weighted by atomic mass is 35.5. The summed E-state index contributed by atoms with van der Waals surface area (Å²) in [5, 5.41) is 9.50. The summed E-state index contributed by atoms with van der Waals surface area (Å²) >= 11 is 7.15. The van der Waals surface area contributed by atoms with E-state index in [0.29, 0.717) is 43.4 Å². The third-order valence-corrected chi connectivity index (χ3v) is 7.64. The predicted molar refractivity (Wildman–Crippen MR) is 150 cm³/mol. The summed E-state index contributed by atoms with van der Waals surface area (Å²) in [6.45, 7) is 3.59. The van der Waals surface area contributed by atoms with Crippen LogP contribution < -0.4 is 19.6 Å². The van der Waals surface area contributed by atoms with E-state index in [4.69, 9.17) is 25.5 Å². The van der Waals surface area contributed by atoms with Crippen molar-refractivity contribution in [2.75, 3.05) is 13.7 Å². The number of aromatic carboxylic acids is 1. The third-order valence-electron chi connectivity index (χ3n) is 6.33. The van der Waals surface area contributed by atoms with Gasteiger partial charge >= 0.3 is 11.9 Å². The number of benzene rings is 2. The number of halogens is 1. The molecule has 11 heteroatoms. The van der Waals surface area contributed by atoms with Crippen LogP contribution >= 0.6 is 22.9 Å². The summed E-state index contributed by atoms with van der Waals surface area (Å²) in [4.78, 5) is 43.3. The first kappa shape index (κ1) is 27.2. The van der Waals surface area contributed by atoms with Gasteiger partial charge < -0.3 is 19.0 Å². The number of thiazole rings is 1. The number of para-hydroxylation sites is 1. The summed E-state index contributed by atoms with van der Waals surface area (Å²) in [7, 11) is 1.53. The Kier molecular flexibility index (Phi) is 7.46. The number of carboxylic acid groups (broad SMARTS) is 1. The molecule has 5 rings (SSSR count). The number of hydrogen-bond donors (Lipinski definition) is 1. The number of esters is 1. The normalized spacial score (nSPS) is 15.0. The minimum Gasteiger partial charge on any atom is -0.496 e. The fourth-order valence-corrected chi connectivity index (χ4v) is 5.76. The molecule has 0 spiro atoms. The first-order chi connectivity index (χ1) is 19.2. The number of nitrogens with zero attached hydrogens (tertiary/aromatic N) is 2. The summed E-state index contributed by atoms with van der Waals surface area (Å²) in [5.74, 6) is -0.416. The van der Waals surface area contributed by atoms with Gasteiger partial charge in [-0.15, -0.1) is 0 Å². The van der Waals surface area contributed by atoms with Gasteiger partial charge in [-0.1, -0.05) is 41.1 Å². The monoisotopic (exact) mass is 578 g/mol. The average Bonchev–Trinajstić information content (AvgIpc) is 3.52. The minimum absolute atomic E-state index is 0.0467. The zero-order chi connectivity index (χ0) is 28.6. The zero-order valence-electron chi connectivity index (χ0n) is 21.6. The van der Waals surface area contributed by atoms with Gasteiger partial charge in [-0.25, -0.2) is 14.6 Å². The van der Waals surface area contributed by atoms with Gasteiger partial charge in [-0.3, -0.25) is 9.36 Å². The SMILES string of the molecule is CCOC(=O)C1=C(C)N=c2s/c(=C/c3ccc(-c4ccc(Cl)c(C(=O)O)c4)o3)c(=O)n2[C@@H]1c1ccccc1OC. The van der Waals surface area contributed by atoms with Crippen molar-refractivity contribution in [2.45, 2.75) is 19.9 Å². The molecule has 1 aliphatic rings. The zero-order valence-corrected chi connectivity index (χ0v) is 23.2. The molecule has 0 bridgehead atoms. The molecular weight excluding hydrogens is 556 g/mol.